The lowest BCUT2D eigenvalue weighted by molar-refractivity contribution is -0.144. The van der Waals surface area contributed by atoms with E-state index in [-0.39, 0.29) is 0 Å². The van der Waals surface area contributed by atoms with Crippen molar-refractivity contribution in [3.05, 3.63) is 0 Å². The van der Waals surface area contributed by atoms with Gasteiger partial charge in [0, 0.05) is 12.6 Å². The van der Waals surface area contributed by atoms with Gasteiger partial charge < -0.3 is 10.1 Å². The third kappa shape index (κ3) is 3.71. The minimum atomic E-state index is 0.335. The highest BCUT2D eigenvalue weighted by atomic mass is 16.5. The Balaban J connectivity index is 1.68. The second-order valence-corrected chi connectivity index (χ2v) is 6.38. The molecule has 1 saturated heterocycles. The minimum Gasteiger partial charge on any atom is -0.375 e. The molecule has 0 bridgehead atoms. The van der Waals surface area contributed by atoms with Crippen molar-refractivity contribution in [2.24, 2.45) is 5.92 Å². The summed E-state index contributed by atoms with van der Waals surface area (Å²) in [6.07, 6.45) is 12.0. The molecular formula is C16H31NO. The van der Waals surface area contributed by atoms with Crippen LogP contribution in [0.25, 0.3) is 0 Å². The lowest BCUT2D eigenvalue weighted by Gasteiger charge is -2.47. The van der Waals surface area contributed by atoms with E-state index in [0.717, 1.165) is 18.6 Å². The number of rotatable bonds is 7. The predicted molar refractivity (Wildman–Crippen MR) is 76.9 cm³/mol. The van der Waals surface area contributed by atoms with Gasteiger partial charge >= 0.3 is 0 Å². The van der Waals surface area contributed by atoms with Crippen molar-refractivity contribution in [2.75, 3.05) is 13.2 Å². The highest BCUT2D eigenvalue weighted by molar-refractivity contribution is 4.94. The number of hydrogen-bond acceptors (Lipinski definition) is 2. The average molecular weight is 253 g/mol. The van der Waals surface area contributed by atoms with Gasteiger partial charge in [-0.3, -0.25) is 0 Å². The van der Waals surface area contributed by atoms with Crippen molar-refractivity contribution in [3.8, 4) is 0 Å². The molecule has 0 amide bonds. The van der Waals surface area contributed by atoms with Crippen molar-refractivity contribution in [1.29, 1.82) is 0 Å². The molecule has 2 heteroatoms. The Bertz CT molecular complexity index is 237. The van der Waals surface area contributed by atoms with Crippen LogP contribution in [0.1, 0.15) is 71.6 Å². The van der Waals surface area contributed by atoms with Crippen LogP contribution in [0.4, 0.5) is 0 Å². The quantitative estimate of drug-likeness (QED) is 0.743. The Morgan fingerprint density at radius 3 is 2.78 bits per heavy atom. The van der Waals surface area contributed by atoms with Gasteiger partial charge in [0.15, 0.2) is 0 Å². The molecule has 1 heterocycles. The summed E-state index contributed by atoms with van der Waals surface area (Å²) >= 11 is 0. The van der Waals surface area contributed by atoms with Crippen molar-refractivity contribution in [1.82, 2.24) is 5.32 Å². The molecular weight excluding hydrogens is 222 g/mol. The summed E-state index contributed by atoms with van der Waals surface area (Å²) in [5.41, 5.74) is 0.335. The fourth-order valence-corrected chi connectivity index (χ4v) is 3.53. The van der Waals surface area contributed by atoms with Crippen LogP contribution in [0.15, 0.2) is 0 Å². The van der Waals surface area contributed by atoms with Crippen LogP contribution in [0.5, 0.6) is 0 Å². The molecule has 2 fully saturated rings. The number of nitrogens with one attached hydrogen (secondary N) is 1. The van der Waals surface area contributed by atoms with E-state index in [1.807, 2.05) is 0 Å². The fraction of sp³-hybridized carbons (Fsp3) is 1.00. The van der Waals surface area contributed by atoms with Crippen LogP contribution in [-0.4, -0.2) is 24.8 Å². The smallest absolute Gasteiger partial charge is 0.0685 e. The van der Waals surface area contributed by atoms with E-state index in [9.17, 15) is 0 Å². The zero-order valence-corrected chi connectivity index (χ0v) is 12.3. The van der Waals surface area contributed by atoms with Crippen LogP contribution in [-0.2, 0) is 4.74 Å². The summed E-state index contributed by atoms with van der Waals surface area (Å²) in [6, 6.07) is 0.741. The van der Waals surface area contributed by atoms with E-state index in [4.69, 9.17) is 4.74 Å². The maximum absolute atomic E-state index is 6.01. The summed E-state index contributed by atoms with van der Waals surface area (Å²) < 4.78 is 6.01. The van der Waals surface area contributed by atoms with E-state index >= 15 is 0 Å². The van der Waals surface area contributed by atoms with Crippen LogP contribution in [0, 0.1) is 5.92 Å². The Labute approximate surface area is 113 Å². The molecule has 1 N–H and O–H groups in total. The number of hydrogen-bond donors (Lipinski definition) is 1. The van der Waals surface area contributed by atoms with Gasteiger partial charge in [0.25, 0.3) is 0 Å². The predicted octanol–water partition coefficient (Wildman–Crippen LogP) is 3.89. The Morgan fingerprint density at radius 1 is 1.33 bits per heavy atom. The first kappa shape index (κ1) is 14.3. The second kappa shape index (κ2) is 6.91. The third-order valence-corrected chi connectivity index (χ3v) is 4.96. The first-order valence-corrected chi connectivity index (χ1v) is 8.15. The van der Waals surface area contributed by atoms with Gasteiger partial charge in [0.05, 0.1) is 5.60 Å². The summed E-state index contributed by atoms with van der Waals surface area (Å²) in [6.45, 7) is 6.75. The molecule has 1 spiro atoms. The topological polar surface area (TPSA) is 21.3 Å². The monoisotopic (exact) mass is 253 g/mol. The minimum absolute atomic E-state index is 0.335. The van der Waals surface area contributed by atoms with Crippen molar-refractivity contribution in [2.45, 2.75) is 83.3 Å². The van der Waals surface area contributed by atoms with Gasteiger partial charge in [-0.05, 0) is 70.3 Å². The second-order valence-electron chi connectivity index (χ2n) is 6.38. The molecule has 0 radical (unpaired) electrons. The maximum Gasteiger partial charge on any atom is 0.0685 e. The first-order chi connectivity index (χ1) is 8.78. The van der Waals surface area contributed by atoms with Gasteiger partial charge in [-0.2, -0.15) is 0 Å². The summed E-state index contributed by atoms with van der Waals surface area (Å²) in [7, 11) is 0. The van der Waals surface area contributed by atoms with E-state index in [1.54, 1.807) is 0 Å². The van der Waals surface area contributed by atoms with Gasteiger partial charge in [0.1, 0.15) is 0 Å². The standard InChI is InChI=1S/C16H31NO/c1-3-11-17-15(4-2)7-6-14-8-12-18-16(13-14)9-5-10-16/h14-15,17H,3-13H2,1-2H3. The lowest BCUT2D eigenvalue weighted by atomic mass is 9.71. The van der Waals surface area contributed by atoms with Crippen LogP contribution < -0.4 is 5.32 Å². The molecule has 0 aromatic heterocycles. The summed E-state index contributed by atoms with van der Waals surface area (Å²) in [5, 5.41) is 3.68. The van der Waals surface area contributed by atoms with E-state index in [0.29, 0.717) is 5.60 Å². The van der Waals surface area contributed by atoms with E-state index in [1.165, 1.54) is 64.3 Å². The average Bonchev–Trinajstić information content (AvgIpc) is 2.37. The van der Waals surface area contributed by atoms with Crippen LogP contribution >= 0.6 is 0 Å². The van der Waals surface area contributed by atoms with E-state index < -0.39 is 0 Å². The SMILES string of the molecule is CCCNC(CC)CCC1CCOC2(CCC2)C1. The molecule has 106 valence electrons. The van der Waals surface area contributed by atoms with Crippen LogP contribution in [0.2, 0.25) is 0 Å². The summed E-state index contributed by atoms with van der Waals surface area (Å²) in [5.74, 6) is 0.927. The largest absolute Gasteiger partial charge is 0.375 e. The van der Waals surface area contributed by atoms with Crippen molar-refractivity contribution < 1.29 is 4.74 Å². The van der Waals surface area contributed by atoms with Gasteiger partial charge in [0.2, 0.25) is 0 Å². The Morgan fingerprint density at radius 2 is 2.17 bits per heavy atom. The van der Waals surface area contributed by atoms with Crippen molar-refractivity contribution in [3.63, 3.8) is 0 Å². The Hall–Kier alpha value is -0.0800. The van der Waals surface area contributed by atoms with Gasteiger partial charge in [-0.25, -0.2) is 0 Å². The lowest BCUT2D eigenvalue weighted by Crippen LogP contribution is -2.45. The Kier molecular flexibility index (Phi) is 5.50. The van der Waals surface area contributed by atoms with Gasteiger partial charge in [-0.1, -0.05) is 13.8 Å². The molecule has 2 nitrogen and oxygen atoms in total. The molecule has 1 aliphatic heterocycles. The van der Waals surface area contributed by atoms with Crippen molar-refractivity contribution >= 4 is 0 Å². The van der Waals surface area contributed by atoms with E-state index in [2.05, 4.69) is 19.2 Å². The van der Waals surface area contributed by atoms with Crippen LogP contribution in [0.3, 0.4) is 0 Å². The first-order valence-electron chi connectivity index (χ1n) is 8.15. The maximum atomic E-state index is 6.01. The zero-order chi connectivity index (χ0) is 12.8. The number of ether oxygens (including phenoxy) is 1. The molecule has 2 unspecified atom stereocenters. The normalized spacial score (nSPS) is 28.0. The molecule has 1 saturated carbocycles. The zero-order valence-electron chi connectivity index (χ0n) is 12.3. The van der Waals surface area contributed by atoms with Gasteiger partial charge in [-0.15, -0.1) is 0 Å². The summed E-state index contributed by atoms with van der Waals surface area (Å²) in [4.78, 5) is 0. The molecule has 1 aliphatic carbocycles. The molecule has 2 rings (SSSR count). The molecule has 0 aromatic rings. The molecule has 18 heavy (non-hydrogen) atoms. The molecule has 0 aromatic carbocycles. The highest BCUT2D eigenvalue weighted by Gasteiger charge is 2.42. The molecule has 2 aliphatic rings. The molecule has 2 atom stereocenters. The third-order valence-electron chi connectivity index (χ3n) is 4.96. The fourth-order valence-electron chi connectivity index (χ4n) is 3.53. The highest BCUT2D eigenvalue weighted by Crippen LogP contribution is 2.45.